The topological polar surface area (TPSA) is 119 Å². The van der Waals surface area contributed by atoms with Crippen LogP contribution in [0.3, 0.4) is 0 Å². The normalized spacial score (nSPS) is 10.2. The summed E-state index contributed by atoms with van der Waals surface area (Å²) in [4.78, 5) is 33.9. The Morgan fingerprint density at radius 1 is 1.16 bits per heavy atom. The van der Waals surface area contributed by atoms with Gasteiger partial charge in [-0.1, -0.05) is 0 Å². The van der Waals surface area contributed by atoms with Crippen LogP contribution < -0.4 is 5.32 Å². The minimum Gasteiger partial charge on any atom is -0.508 e. The van der Waals surface area contributed by atoms with Crippen molar-refractivity contribution in [1.29, 1.82) is 0 Å². The molecule has 0 radical (unpaired) electrons. The quantitative estimate of drug-likeness (QED) is 0.389. The first-order valence-corrected chi connectivity index (χ1v) is 8.26. The Balaban J connectivity index is 2.00. The lowest BCUT2D eigenvalue weighted by molar-refractivity contribution is -0.385. The Morgan fingerprint density at radius 3 is 2.24 bits per heavy atom. The molecular weight excluding hydrogens is 464 g/mol. The molecule has 2 rings (SSSR count). The van der Waals surface area contributed by atoms with Crippen LogP contribution in [0.4, 0.5) is 11.4 Å². The summed E-state index contributed by atoms with van der Waals surface area (Å²) in [6.45, 7) is -0.546. The zero-order valence-corrected chi connectivity index (χ0v) is 15.5. The molecule has 0 aromatic heterocycles. The molecule has 2 aromatic carbocycles. The Bertz CT molecular complexity index is 815. The summed E-state index contributed by atoms with van der Waals surface area (Å²) >= 11 is 6.28. The van der Waals surface area contributed by atoms with Crippen molar-refractivity contribution in [3.8, 4) is 5.75 Å². The van der Waals surface area contributed by atoms with E-state index in [9.17, 15) is 19.7 Å². The number of nitrogens with one attached hydrogen (secondary N) is 1. The van der Waals surface area contributed by atoms with Gasteiger partial charge in [0, 0.05) is 21.1 Å². The van der Waals surface area contributed by atoms with E-state index in [0.717, 1.165) is 0 Å². The Kier molecular flexibility index (Phi) is 6.10. The highest BCUT2D eigenvalue weighted by atomic mass is 79.9. The molecular formula is C15H10Br2N2O6. The number of benzene rings is 2. The molecule has 0 bridgehead atoms. The molecule has 10 heteroatoms. The van der Waals surface area contributed by atoms with Crippen LogP contribution in [0.25, 0.3) is 0 Å². The fourth-order valence-corrected chi connectivity index (χ4v) is 3.13. The van der Waals surface area contributed by atoms with Crippen molar-refractivity contribution in [3.63, 3.8) is 0 Å². The lowest BCUT2D eigenvalue weighted by Crippen LogP contribution is -2.21. The van der Waals surface area contributed by atoms with E-state index in [1.54, 1.807) is 0 Å². The number of nitro benzene ring substituents is 1. The Hall–Kier alpha value is -2.46. The summed E-state index contributed by atoms with van der Waals surface area (Å²) in [5.74, 6) is -1.35. The van der Waals surface area contributed by atoms with E-state index in [-0.39, 0.29) is 22.7 Å². The van der Waals surface area contributed by atoms with Crippen LogP contribution in [0, 0.1) is 10.1 Å². The van der Waals surface area contributed by atoms with Crippen LogP contribution in [0.2, 0.25) is 0 Å². The zero-order chi connectivity index (χ0) is 18.6. The summed E-state index contributed by atoms with van der Waals surface area (Å²) in [6, 6.07) is 7.84. The predicted molar refractivity (Wildman–Crippen MR) is 95.5 cm³/mol. The molecule has 1 amide bonds. The number of phenolic OH excluding ortho intramolecular Hbond substituents is 1. The van der Waals surface area contributed by atoms with Crippen LogP contribution in [-0.4, -0.2) is 28.5 Å². The number of halogens is 2. The average Bonchev–Trinajstić information content (AvgIpc) is 2.56. The molecule has 0 spiro atoms. The van der Waals surface area contributed by atoms with Crippen molar-refractivity contribution in [2.75, 3.05) is 11.9 Å². The van der Waals surface area contributed by atoms with E-state index in [1.807, 2.05) is 0 Å². The van der Waals surface area contributed by atoms with Gasteiger partial charge >= 0.3 is 5.97 Å². The van der Waals surface area contributed by atoms with Crippen molar-refractivity contribution in [1.82, 2.24) is 0 Å². The molecule has 130 valence electrons. The van der Waals surface area contributed by atoms with Gasteiger partial charge in [-0.2, -0.15) is 0 Å². The predicted octanol–water partition coefficient (Wildman–Crippen LogP) is 3.62. The van der Waals surface area contributed by atoms with E-state index in [1.165, 1.54) is 36.4 Å². The molecule has 0 atom stereocenters. The number of nitrogens with zero attached hydrogens (tertiary/aromatic N) is 1. The fraction of sp³-hybridized carbons (Fsp3) is 0.0667. The SMILES string of the molecule is O=C(COC(=O)c1ccc(O)cc1)Nc1c(Br)cc([N+](=O)[O-])cc1Br. The number of anilines is 1. The van der Waals surface area contributed by atoms with Gasteiger partial charge in [-0.3, -0.25) is 14.9 Å². The van der Waals surface area contributed by atoms with Crippen LogP contribution in [0.15, 0.2) is 45.3 Å². The van der Waals surface area contributed by atoms with E-state index in [4.69, 9.17) is 9.84 Å². The third-order valence-corrected chi connectivity index (χ3v) is 4.19. The first-order chi connectivity index (χ1) is 11.8. The van der Waals surface area contributed by atoms with Crippen molar-refractivity contribution in [3.05, 3.63) is 61.0 Å². The van der Waals surface area contributed by atoms with Gasteiger partial charge in [0.2, 0.25) is 0 Å². The number of amides is 1. The number of esters is 1. The van der Waals surface area contributed by atoms with Crippen LogP contribution in [0.1, 0.15) is 10.4 Å². The number of phenols is 1. The molecule has 0 aliphatic carbocycles. The third-order valence-electron chi connectivity index (χ3n) is 2.94. The molecule has 2 aromatic rings. The molecule has 0 aliphatic rings. The molecule has 0 saturated carbocycles. The second-order valence-corrected chi connectivity index (χ2v) is 6.42. The standard InChI is InChI=1S/C15H10Br2N2O6/c16-11-5-9(19(23)24)6-12(17)14(11)18-13(21)7-25-15(22)8-1-3-10(20)4-2-8/h1-6,20H,7H2,(H,18,21). The summed E-state index contributed by atoms with van der Waals surface area (Å²) in [5.41, 5.74) is 0.301. The number of hydrogen-bond acceptors (Lipinski definition) is 6. The number of rotatable bonds is 5. The molecule has 0 unspecified atom stereocenters. The Labute approximate surface area is 158 Å². The second-order valence-electron chi connectivity index (χ2n) is 4.71. The molecule has 0 heterocycles. The van der Waals surface area contributed by atoms with Crippen LogP contribution in [-0.2, 0) is 9.53 Å². The smallest absolute Gasteiger partial charge is 0.338 e. The van der Waals surface area contributed by atoms with Gasteiger partial charge in [-0.25, -0.2) is 4.79 Å². The number of carbonyl (C=O) groups is 2. The molecule has 8 nitrogen and oxygen atoms in total. The maximum absolute atomic E-state index is 11.9. The monoisotopic (exact) mass is 472 g/mol. The number of nitro groups is 1. The first kappa shape index (κ1) is 18.9. The molecule has 2 N–H and O–H groups in total. The maximum Gasteiger partial charge on any atom is 0.338 e. The number of ether oxygens (including phenoxy) is 1. The number of hydrogen-bond donors (Lipinski definition) is 2. The number of aromatic hydroxyl groups is 1. The molecule has 25 heavy (non-hydrogen) atoms. The highest BCUT2D eigenvalue weighted by Crippen LogP contribution is 2.35. The molecule has 0 saturated heterocycles. The van der Waals surface area contributed by atoms with Gasteiger partial charge in [0.1, 0.15) is 5.75 Å². The van der Waals surface area contributed by atoms with Gasteiger partial charge < -0.3 is 15.2 Å². The zero-order valence-electron chi connectivity index (χ0n) is 12.4. The van der Waals surface area contributed by atoms with E-state index >= 15 is 0 Å². The minimum absolute atomic E-state index is 0.00200. The highest BCUT2D eigenvalue weighted by molar-refractivity contribution is 9.11. The van der Waals surface area contributed by atoms with E-state index < -0.39 is 23.4 Å². The Morgan fingerprint density at radius 2 is 1.72 bits per heavy atom. The van der Waals surface area contributed by atoms with E-state index in [2.05, 4.69) is 37.2 Å². The first-order valence-electron chi connectivity index (χ1n) is 6.67. The van der Waals surface area contributed by atoms with Crippen molar-refractivity contribution in [2.24, 2.45) is 0 Å². The summed E-state index contributed by atoms with van der Waals surface area (Å²) in [6.07, 6.45) is 0. The van der Waals surface area contributed by atoms with Gasteiger partial charge in [0.25, 0.3) is 11.6 Å². The molecule has 0 fully saturated rings. The summed E-state index contributed by atoms with van der Waals surface area (Å²) < 4.78 is 5.47. The number of carbonyl (C=O) groups excluding carboxylic acids is 2. The minimum atomic E-state index is -0.725. The fourth-order valence-electron chi connectivity index (χ4n) is 1.77. The summed E-state index contributed by atoms with van der Waals surface area (Å²) in [5, 5.41) is 22.4. The van der Waals surface area contributed by atoms with Gasteiger partial charge in [0.05, 0.1) is 16.2 Å². The van der Waals surface area contributed by atoms with E-state index in [0.29, 0.717) is 8.95 Å². The highest BCUT2D eigenvalue weighted by Gasteiger charge is 2.17. The second kappa shape index (κ2) is 8.08. The largest absolute Gasteiger partial charge is 0.508 e. The molecule has 0 aliphatic heterocycles. The average molecular weight is 474 g/mol. The van der Waals surface area contributed by atoms with Crippen molar-refractivity contribution >= 4 is 55.1 Å². The lowest BCUT2D eigenvalue weighted by atomic mass is 10.2. The van der Waals surface area contributed by atoms with Crippen LogP contribution in [0.5, 0.6) is 5.75 Å². The number of non-ortho nitro benzene ring substituents is 1. The van der Waals surface area contributed by atoms with Gasteiger partial charge in [0.15, 0.2) is 6.61 Å². The summed E-state index contributed by atoms with van der Waals surface area (Å²) in [7, 11) is 0. The van der Waals surface area contributed by atoms with Gasteiger partial charge in [-0.05, 0) is 56.1 Å². The van der Waals surface area contributed by atoms with Crippen molar-refractivity contribution < 1.29 is 24.4 Å². The lowest BCUT2D eigenvalue weighted by Gasteiger charge is -2.10. The van der Waals surface area contributed by atoms with Gasteiger partial charge in [-0.15, -0.1) is 0 Å². The van der Waals surface area contributed by atoms with Crippen molar-refractivity contribution in [2.45, 2.75) is 0 Å². The third kappa shape index (κ3) is 5.00. The van der Waals surface area contributed by atoms with Crippen LogP contribution >= 0.6 is 31.9 Å². The maximum atomic E-state index is 11.9.